The van der Waals surface area contributed by atoms with E-state index >= 15 is 0 Å². The zero-order valence-corrected chi connectivity index (χ0v) is 15.0. The number of fused-ring (bicyclic) bond motifs is 1. The van der Waals surface area contributed by atoms with Crippen molar-refractivity contribution in [3.63, 3.8) is 0 Å². The lowest BCUT2D eigenvalue weighted by Gasteiger charge is -2.35. The minimum Gasteiger partial charge on any atom is -0.462 e. The smallest absolute Gasteiger partial charge is 0.348 e. The van der Waals surface area contributed by atoms with Crippen molar-refractivity contribution < 1.29 is 18.7 Å². The molecule has 0 saturated carbocycles. The summed E-state index contributed by atoms with van der Waals surface area (Å²) in [5.41, 5.74) is 0.729. The molecular formula is C18H22FNO3S. The number of carbonyl (C=O) groups excluding carboxylic acids is 1. The molecule has 2 heterocycles. The first-order chi connectivity index (χ1) is 11.5. The highest BCUT2D eigenvalue weighted by atomic mass is 32.1. The van der Waals surface area contributed by atoms with E-state index in [4.69, 9.17) is 9.47 Å². The minimum absolute atomic E-state index is 0.120. The number of carbonyl (C=O) groups is 1. The largest absolute Gasteiger partial charge is 0.462 e. The van der Waals surface area contributed by atoms with Crippen molar-refractivity contribution in [3.05, 3.63) is 34.5 Å². The van der Waals surface area contributed by atoms with E-state index in [2.05, 4.69) is 4.90 Å². The number of hydrogen-bond acceptors (Lipinski definition) is 5. The van der Waals surface area contributed by atoms with Gasteiger partial charge in [0, 0.05) is 35.3 Å². The molecule has 2 atom stereocenters. The van der Waals surface area contributed by atoms with Gasteiger partial charge >= 0.3 is 5.97 Å². The maximum Gasteiger partial charge on any atom is 0.348 e. The van der Waals surface area contributed by atoms with Gasteiger partial charge in [0.05, 0.1) is 18.8 Å². The molecule has 1 aliphatic rings. The minimum atomic E-state index is -0.373. The van der Waals surface area contributed by atoms with Crippen LogP contribution >= 0.6 is 11.3 Å². The normalized spacial score (nSPS) is 22.0. The molecule has 2 aromatic rings. The Labute approximate surface area is 145 Å². The number of rotatable bonds is 4. The molecule has 6 heteroatoms. The van der Waals surface area contributed by atoms with Gasteiger partial charge < -0.3 is 9.47 Å². The van der Waals surface area contributed by atoms with Crippen LogP contribution in [0.1, 0.15) is 36.0 Å². The second-order valence-electron chi connectivity index (χ2n) is 6.19. The van der Waals surface area contributed by atoms with Crippen LogP contribution in [-0.2, 0) is 16.0 Å². The van der Waals surface area contributed by atoms with E-state index in [0.717, 1.165) is 23.4 Å². The fourth-order valence-electron chi connectivity index (χ4n) is 3.32. The molecule has 2 unspecified atom stereocenters. The summed E-state index contributed by atoms with van der Waals surface area (Å²) < 4.78 is 26.1. The lowest BCUT2D eigenvalue weighted by Crippen LogP contribution is -2.45. The van der Waals surface area contributed by atoms with Crippen LogP contribution in [0.2, 0.25) is 0 Å². The first-order valence-electron chi connectivity index (χ1n) is 8.24. The van der Waals surface area contributed by atoms with E-state index in [-0.39, 0.29) is 24.0 Å². The van der Waals surface area contributed by atoms with Crippen LogP contribution < -0.4 is 0 Å². The zero-order chi connectivity index (χ0) is 17.3. The lowest BCUT2D eigenvalue weighted by molar-refractivity contribution is -0.0704. The Morgan fingerprint density at radius 1 is 1.38 bits per heavy atom. The van der Waals surface area contributed by atoms with Crippen LogP contribution in [0.25, 0.3) is 10.1 Å². The van der Waals surface area contributed by atoms with Crippen molar-refractivity contribution in [2.75, 3.05) is 19.7 Å². The number of esters is 1. The first-order valence-corrected chi connectivity index (χ1v) is 9.06. The molecule has 0 aliphatic carbocycles. The number of benzene rings is 1. The van der Waals surface area contributed by atoms with Gasteiger partial charge in [0.1, 0.15) is 10.7 Å². The molecule has 4 nitrogen and oxygen atoms in total. The van der Waals surface area contributed by atoms with Gasteiger partial charge in [0.25, 0.3) is 0 Å². The molecule has 0 radical (unpaired) electrons. The predicted molar refractivity (Wildman–Crippen MR) is 93.0 cm³/mol. The van der Waals surface area contributed by atoms with E-state index in [1.165, 1.54) is 17.4 Å². The maximum absolute atomic E-state index is 14.4. The van der Waals surface area contributed by atoms with Gasteiger partial charge in [-0.05, 0) is 32.9 Å². The Kier molecular flexibility index (Phi) is 5.18. The number of ether oxygens (including phenoxy) is 2. The highest BCUT2D eigenvalue weighted by molar-refractivity contribution is 7.21. The number of thiophene rings is 1. The first kappa shape index (κ1) is 17.3. The van der Waals surface area contributed by atoms with Crippen LogP contribution in [0.4, 0.5) is 4.39 Å². The van der Waals surface area contributed by atoms with E-state index < -0.39 is 0 Å². The van der Waals surface area contributed by atoms with Gasteiger partial charge in [-0.1, -0.05) is 6.07 Å². The van der Waals surface area contributed by atoms with E-state index in [1.807, 2.05) is 19.9 Å². The molecule has 1 saturated heterocycles. The number of hydrogen-bond donors (Lipinski definition) is 0. The summed E-state index contributed by atoms with van der Waals surface area (Å²) in [7, 11) is 0. The SMILES string of the molecule is CCOC(=O)c1sc2cccc(F)c2c1CN1CC(C)OC(C)C1. The van der Waals surface area contributed by atoms with Gasteiger partial charge in [0.2, 0.25) is 0 Å². The van der Waals surface area contributed by atoms with Crippen LogP contribution in [0, 0.1) is 5.82 Å². The fourth-order valence-corrected chi connectivity index (χ4v) is 4.44. The molecule has 24 heavy (non-hydrogen) atoms. The van der Waals surface area contributed by atoms with E-state index in [9.17, 15) is 9.18 Å². The third-order valence-electron chi connectivity index (χ3n) is 4.10. The highest BCUT2D eigenvalue weighted by Gasteiger charge is 2.27. The second-order valence-corrected chi connectivity index (χ2v) is 7.25. The van der Waals surface area contributed by atoms with Crippen LogP contribution in [0.3, 0.4) is 0 Å². The quantitative estimate of drug-likeness (QED) is 0.785. The number of morpholine rings is 1. The average molecular weight is 351 g/mol. The van der Waals surface area contributed by atoms with Gasteiger partial charge in [-0.2, -0.15) is 0 Å². The molecule has 0 N–H and O–H groups in total. The molecule has 1 aromatic carbocycles. The zero-order valence-electron chi connectivity index (χ0n) is 14.2. The second kappa shape index (κ2) is 7.17. The van der Waals surface area contributed by atoms with Crippen LogP contribution in [0.15, 0.2) is 18.2 Å². The third kappa shape index (κ3) is 3.45. The van der Waals surface area contributed by atoms with Crippen molar-refractivity contribution in [2.24, 2.45) is 0 Å². The molecule has 1 aliphatic heterocycles. The van der Waals surface area contributed by atoms with Crippen molar-refractivity contribution in [3.8, 4) is 0 Å². The fraction of sp³-hybridized carbons (Fsp3) is 0.500. The molecule has 1 fully saturated rings. The monoisotopic (exact) mass is 351 g/mol. The molecule has 0 amide bonds. The molecular weight excluding hydrogens is 329 g/mol. The Balaban J connectivity index is 2.00. The summed E-state index contributed by atoms with van der Waals surface area (Å²) in [6.45, 7) is 8.18. The van der Waals surface area contributed by atoms with Crippen LogP contribution in [-0.4, -0.2) is 42.8 Å². The average Bonchev–Trinajstić information content (AvgIpc) is 2.86. The summed E-state index contributed by atoms with van der Waals surface area (Å²) in [5, 5.41) is 0.539. The Morgan fingerprint density at radius 3 is 2.75 bits per heavy atom. The third-order valence-corrected chi connectivity index (χ3v) is 5.28. The van der Waals surface area contributed by atoms with Crippen molar-refractivity contribution in [1.82, 2.24) is 4.90 Å². The Hall–Kier alpha value is -1.50. The van der Waals surface area contributed by atoms with Crippen molar-refractivity contribution >= 4 is 27.4 Å². The summed E-state index contributed by atoms with van der Waals surface area (Å²) in [5.74, 6) is -0.661. The highest BCUT2D eigenvalue weighted by Crippen LogP contribution is 2.35. The molecule has 0 spiro atoms. The van der Waals surface area contributed by atoms with Crippen molar-refractivity contribution in [1.29, 1.82) is 0 Å². The summed E-state index contributed by atoms with van der Waals surface area (Å²) in [6.07, 6.45) is 0.240. The number of nitrogens with zero attached hydrogens (tertiary/aromatic N) is 1. The molecule has 0 bridgehead atoms. The summed E-state index contributed by atoms with van der Waals surface area (Å²) in [6, 6.07) is 4.96. The summed E-state index contributed by atoms with van der Waals surface area (Å²) in [4.78, 5) is 15.1. The van der Waals surface area contributed by atoms with Crippen LogP contribution in [0.5, 0.6) is 0 Å². The van der Waals surface area contributed by atoms with E-state index in [0.29, 0.717) is 23.4 Å². The maximum atomic E-state index is 14.4. The molecule has 1 aromatic heterocycles. The topological polar surface area (TPSA) is 38.8 Å². The standard InChI is InChI=1S/C18H22FNO3S/c1-4-22-18(21)17-13(10-20-8-11(2)23-12(3)9-20)16-14(19)6-5-7-15(16)24-17/h5-7,11-12H,4,8-10H2,1-3H3. The summed E-state index contributed by atoms with van der Waals surface area (Å²) >= 11 is 1.30. The molecule has 3 rings (SSSR count). The number of halogens is 1. The molecule has 130 valence electrons. The van der Waals surface area contributed by atoms with E-state index in [1.54, 1.807) is 13.0 Å². The van der Waals surface area contributed by atoms with Gasteiger partial charge in [0.15, 0.2) is 0 Å². The predicted octanol–water partition coefficient (Wildman–Crippen LogP) is 3.83. The Bertz CT molecular complexity index is 735. The lowest BCUT2D eigenvalue weighted by atomic mass is 10.1. The van der Waals surface area contributed by atoms with Gasteiger partial charge in [-0.25, -0.2) is 9.18 Å². The van der Waals surface area contributed by atoms with Gasteiger partial charge in [-0.3, -0.25) is 4.90 Å². The Morgan fingerprint density at radius 2 is 2.08 bits per heavy atom. The van der Waals surface area contributed by atoms with Gasteiger partial charge in [-0.15, -0.1) is 11.3 Å². The van der Waals surface area contributed by atoms with Crippen molar-refractivity contribution in [2.45, 2.75) is 39.5 Å².